The fourth-order valence-electron chi connectivity index (χ4n) is 8.79. The lowest BCUT2D eigenvalue weighted by Crippen LogP contribution is -2.62. The van der Waals surface area contributed by atoms with Crippen LogP contribution in [0.25, 0.3) is 0 Å². The molecule has 0 unspecified atom stereocenters. The van der Waals surface area contributed by atoms with Gasteiger partial charge in [0.1, 0.15) is 18.5 Å². The minimum Gasteiger partial charge on any atom is -0.490 e. The first-order chi connectivity index (χ1) is 14.2. The summed E-state index contributed by atoms with van der Waals surface area (Å²) in [5.74, 6) is 2.61. The maximum absolute atomic E-state index is 12.3. The van der Waals surface area contributed by atoms with Gasteiger partial charge in [-0.05, 0) is 98.5 Å². The molecule has 4 saturated carbocycles. The van der Waals surface area contributed by atoms with E-state index in [2.05, 4.69) is 26.5 Å². The molecule has 0 saturated heterocycles. The minimum absolute atomic E-state index is 0.0634. The van der Waals surface area contributed by atoms with E-state index in [-0.39, 0.29) is 22.9 Å². The Morgan fingerprint density at radius 1 is 1.13 bits per heavy atom. The molecule has 4 heteroatoms. The van der Waals surface area contributed by atoms with Crippen LogP contribution in [-0.4, -0.2) is 29.4 Å². The Balaban J connectivity index is 1.40. The van der Waals surface area contributed by atoms with Crippen molar-refractivity contribution in [1.82, 2.24) is 0 Å². The third-order valence-corrected chi connectivity index (χ3v) is 10.4. The Kier molecular flexibility index (Phi) is 4.71. The molecule has 0 aromatic carbocycles. The van der Waals surface area contributed by atoms with Crippen LogP contribution in [-0.2, 0) is 14.3 Å². The van der Waals surface area contributed by atoms with E-state index in [4.69, 9.17) is 9.47 Å². The average molecular weight is 415 g/mol. The molecule has 1 aliphatic heterocycles. The van der Waals surface area contributed by atoms with Crippen molar-refractivity contribution in [3.8, 4) is 0 Å². The first kappa shape index (κ1) is 20.6. The number of allylic oxidation sites excluding steroid dienone is 1. The molecule has 8 atom stereocenters. The molecule has 166 valence electrons. The molecule has 0 radical (unpaired) electrons. The highest BCUT2D eigenvalue weighted by Crippen LogP contribution is 2.70. The number of hydrogen-bond acceptors (Lipinski definition) is 4. The van der Waals surface area contributed by atoms with E-state index in [0.717, 1.165) is 57.1 Å². The summed E-state index contributed by atoms with van der Waals surface area (Å²) in [5, 5.41) is 12.3. The van der Waals surface area contributed by atoms with Gasteiger partial charge in [0.15, 0.2) is 0 Å². The number of carbonyl (C=O) groups excluding carboxylic acids is 1. The van der Waals surface area contributed by atoms with E-state index in [1.807, 2.05) is 0 Å². The van der Waals surface area contributed by atoms with Crippen molar-refractivity contribution in [1.29, 1.82) is 0 Å². The van der Waals surface area contributed by atoms with Crippen molar-refractivity contribution in [3.63, 3.8) is 0 Å². The van der Waals surface area contributed by atoms with E-state index in [9.17, 15) is 9.90 Å². The van der Waals surface area contributed by atoms with Gasteiger partial charge in [0, 0.05) is 12.3 Å². The highest BCUT2D eigenvalue weighted by molar-refractivity contribution is 5.66. The zero-order valence-corrected chi connectivity index (χ0v) is 18.9. The molecule has 30 heavy (non-hydrogen) atoms. The van der Waals surface area contributed by atoms with Crippen molar-refractivity contribution in [3.05, 3.63) is 24.0 Å². The SMILES string of the molecule is C=C1C=C([C@H]2CC[C@]3(O)[C@@H]4CC[C@@H]5C[C@@H](OC(C)=O)CC[C@]5(C)[C@H]4CC[C@]23C)CO1. The predicted molar refractivity (Wildman–Crippen MR) is 115 cm³/mol. The van der Waals surface area contributed by atoms with Gasteiger partial charge in [-0.15, -0.1) is 0 Å². The van der Waals surface area contributed by atoms with Gasteiger partial charge in [0.2, 0.25) is 0 Å². The van der Waals surface area contributed by atoms with Crippen LogP contribution < -0.4 is 0 Å². The number of aliphatic hydroxyl groups is 1. The molecule has 4 fully saturated rings. The van der Waals surface area contributed by atoms with E-state index >= 15 is 0 Å². The van der Waals surface area contributed by atoms with Crippen molar-refractivity contribution in [2.45, 2.75) is 90.3 Å². The van der Waals surface area contributed by atoms with E-state index in [1.54, 1.807) is 0 Å². The lowest BCUT2D eigenvalue weighted by molar-refractivity contribution is -0.209. The summed E-state index contributed by atoms with van der Waals surface area (Å²) in [5.41, 5.74) is 0.968. The maximum Gasteiger partial charge on any atom is 0.302 e. The summed E-state index contributed by atoms with van der Waals surface area (Å²) >= 11 is 0. The molecule has 0 aromatic rings. The first-order valence-electron chi connectivity index (χ1n) is 12.1. The molecule has 0 amide bonds. The van der Waals surface area contributed by atoms with E-state index < -0.39 is 5.60 Å². The summed E-state index contributed by atoms with van der Waals surface area (Å²) in [6, 6.07) is 0. The second-order valence-electron chi connectivity index (χ2n) is 11.4. The second kappa shape index (κ2) is 6.85. The Morgan fingerprint density at radius 3 is 2.63 bits per heavy atom. The summed E-state index contributed by atoms with van der Waals surface area (Å²) in [7, 11) is 0. The fourth-order valence-corrected chi connectivity index (χ4v) is 8.79. The van der Waals surface area contributed by atoms with Crippen molar-refractivity contribution in [2.75, 3.05) is 6.61 Å². The quantitative estimate of drug-likeness (QED) is 0.634. The van der Waals surface area contributed by atoms with E-state index in [1.165, 1.54) is 18.9 Å². The van der Waals surface area contributed by atoms with Gasteiger partial charge in [-0.2, -0.15) is 0 Å². The van der Waals surface area contributed by atoms with Crippen LogP contribution >= 0.6 is 0 Å². The normalized spacial score (nSPS) is 50.1. The van der Waals surface area contributed by atoms with Crippen LogP contribution in [0, 0.1) is 34.5 Å². The van der Waals surface area contributed by atoms with Gasteiger partial charge in [0.05, 0.1) is 5.60 Å². The largest absolute Gasteiger partial charge is 0.490 e. The number of esters is 1. The highest BCUT2D eigenvalue weighted by Gasteiger charge is 2.67. The Hall–Kier alpha value is -1.29. The first-order valence-corrected chi connectivity index (χ1v) is 12.1. The van der Waals surface area contributed by atoms with E-state index in [0.29, 0.717) is 30.3 Å². The molecule has 5 rings (SSSR count). The number of ether oxygens (including phenoxy) is 2. The summed E-state index contributed by atoms with van der Waals surface area (Å²) in [6.07, 6.45) is 11.9. The van der Waals surface area contributed by atoms with Gasteiger partial charge in [-0.1, -0.05) is 20.4 Å². The molecule has 0 spiro atoms. The Morgan fingerprint density at radius 2 is 1.93 bits per heavy atom. The van der Waals surface area contributed by atoms with Crippen LogP contribution in [0.3, 0.4) is 0 Å². The monoisotopic (exact) mass is 414 g/mol. The standard InChI is InChI=1S/C26H38O4/c1-16-13-18(15-29-16)21-9-12-26(28)23-6-5-19-14-20(30-17(2)27)7-10-24(19,3)22(23)8-11-25(21,26)4/h13,19-23,28H,1,5-12,14-15H2,2-4H3/t19-,20+,21-,22+,23-,24+,25-,26+/m1/s1. The summed E-state index contributed by atoms with van der Waals surface area (Å²) in [6.45, 7) is 11.0. The molecular formula is C26H38O4. The van der Waals surface area contributed by atoms with Gasteiger partial charge >= 0.3 is 5.97 Å². The lowest BCUT2D eigenvalue weighted by Gasteiger charge is -2.63. The Labute approximate surface area is 181 Å². The van der Waals surface area contributed by atoms with Crippen molar-refractivity contribution in [2.24, 2.45) is 34.5 Å². The highest BCUT2D eigenvalue weighted by atomic mass is 16.5. The summed E-state index contributed by atoms with van der Waals surface area (Å²) in [4.78, 5) is 11.5. The third kappa shape index (κ3) is 2.78. The number of carbonyl (C=O) groups is 1. The van der Waals surface area contributed by atoms with Gasteiger partial charge in [-0.25, -0.2) is 0 Å². The van der Waals surface area contributed by atoms with Crippen molar-refractivity contribution >= 4 is 5.97 Å². The number of fused-ring (bicyclic) bond motifs is 5. The Bertz CT molecular complexity index is 786. The van der Waals surface area contributed by atoms with Crippen LogP contribution in [0.15, 0.2) is 24.0 Å². The van der Waals surface area contributed by atoms with Gasteiger partial charge in [-0.3, -0.25) is 4.79 Å². The summed E-state index contributed by atoms with van der Waals surface area (Å²) < 4.78 is 11.3. The second-order valence-corrected chi connectivity index (χ2v) is 11.4. The maximum atomic E-state index is 12.3. The molecule has 0 bridgehead atoms. The molecule has 0 aromatic heterocycles. The average Bonchev–Trinajstić information content (AvgIpc) is 3.22. The molecule has 5 aliphatic rings. The number of hydrogen-bond donors (Lipinski definition) is 1. The van der Waals surface area contributed by atoms with Gasteiger partial charge in [0.25, 0.3) is 0 Å². The molecule has 1 N–H and O–H groups in total. The van der Waals surface area contributed by atoms with Gasteiger partial charge < -0.3 is 14.6 Å². The molecule has 1 heterocycles. The molecular weight excluding hydrogens is 376 g/mol. The van der Waals surface area contributed by atoms with Crippen LogP contribution in [0.2, 0.25) is 0 Å². The zero-order chi connectivity index (χ0) is 21.3. The fraction of sp³-hybridized carbons (Fsp3) is 0.808. The zero-order valence-electron chi connectivity index (χ0n) is 18.9. The molecule has 4 aliphatic carbocycles. The topological polar surface area (TPSA) is 55.8 Å². The lowest BCUT2D eigenvalue weighted by atomic mass is 9.43. The van der Waals surface area contributed by atoms with Crippen LogP contribution in [0.4, 0.5) is 0 Å². The van der Waals surface area contributed by atoms with Crippen LogP contribution in [0.5, 0.6) is 0 Å². The predicted octanol–water partition coefficient (Wildman–Crippen LogP) is 5.16. The van der Waals surface area contributed by atoms with Crippen LogP contribution in [0.1, 0.15) is 78.6 Å². The number of rotatable bonds is 2. The smallest absolute Gasteiger partial charge is 0.302 e. The minimum atomic E-state index is -0.577. The molecule has 4 nitrogen and oxygen atoms in total. The van der Waals surface area contributed by atoms with Crippen molar-refractivity contribution < 1.29 is 19.4 Å². The third-order valence-electron chi connectivity index (χ3n) is 10.4.